The number of hydrogen-bond donors (Lipinski definition) is 1. The van der Waals surface area contributed by atoms with Crippen molar-refractivity contribution in [3.8, 4) is 0 Å². The van der Waals surface area contributed by atoms with Crippen LogP contribution in [0.3, 0.4) is 0 Å². The maximum absolute atomic E-state index is 13.0. The van der Waals surface area contributed by atoms with Crippen LogP contribution < -0.4 is 0 Å². The number of carboxylic acids is 1. The molecule has 1 aliphatic rings. The van der Waals surface area contributed by atoms with Crippen molar-refractivity contribution < 1.29 is 14.3 Å². The lowest BCUT2D eigenvalue weighted by molar-refractivity contribution is -0.132. The fourth-order valence-corrected chi connectivity index (χ4v) is 1.15. The van der Waals surface area contributed by atoms with E-state index in [1.165, 1.54) is 18.2 Å². The first-order valence-corrected chi connectivity index (χ1v) is 4.10. The monoisotopic (exact) mass is 268 g/mol. The predicted molar refractivity (Wildman–Crippen MR) is 47.3 cm³/mol. The van der Waals surface area contributed by atoms with Gasteiger partial charge in [-0.3, -0.25) is 0 Å². The lowest BCUT2D eigenvalue weighted by atomic mass is 10.1. The van der Waals surface area contributed by atoms with Gasteiger partial charge in [0.1, 0.15) is 0 Å². The van der Waals surface area contributed by atoms with E-state index in [1.807, 2.05) is 0 Å². The van der Waals surface area contributed by atoms with Crippen molar-refractivity contribution >= 4 is 28.6 Å². The van der Waals surface area contributed by atoms with E-state index in [0.29, 0.717) is 0 Å². The number of rotatable bonds is 1. The number of carbonyl (C=O) groups is 1. The first-order chi connectivity index (χ1) is 5.01. The van der Waals surface area contributed by atoms with Gasteiger partial charge in [-0.05, 0) is 34.7 Å². The van der Waals surface area contributed by atoms with Crippen molar-refractivity contribution in [3.05, 3.63) is 23.8 Å². The predicted octanol–water partition coefficient (Wildman–Crippen LogP) is 2.06. The van der Waals surface area contributed by atoms with Crippen LogP contribution in [0.1, 0.15) is 6.42 Å². The molecular formula is C7H6FIO2. The minimum absolute atomic E-state index is 0.131. The van der Waals surface area contributed by atoms with Crippen molar-refractivity contribution in [3.63, 3.8) is 0 Å². The molecule has 0 radical (unpaired) electrons. The topological polar surface area (TPSA) is 37.3 Å². The minimum atomic E-state index is -1.41. The molecule has 0 aromatic rings. The maximum Gasteiger partial charge on any atom is 0.335 e. The summed E-state index contributed by atoms with van der Waals surface area (Å²) in [7, 11) is 0. The summed E-state index contributed by atoms with van der Waals surface area (Å²) in [5.74, 6) is -1.01. The molecule has 0 amide bonds. The van der Waals surface area contributed by atoms with Crippen LogP contribution in [0.4, 0.5) is 4.39 Å². The molecule has 1 unspecified atom stereocenters. The van der Waals surface area contributed by atoms with E-state index in [9.17, 15) is 9.18 Å². The van der Waals surface area contributed by atoms with Crippen molar-refractivity contribution in [2.24, 2.45) is 0 Å². The van der Waals surface area contributed by atoms with Crippen molar-refractivity contribution in [2.45, 2.75) is 10.1 Å². The Kier molecular flexibility index (Phi) is 2.31. The van der Waals surface area contributed by atoms with Crippen molar-refractivity contribution in [2.75, 3.05) is 0 Å². The second kappa shape index (κ2) is 2.92. The third-order valence-electron chi connectivity index (χ3n) is 1.35. The third-order valence-corrected chi connectivity index (χ3v) is 2.15. The zero-order chi connectivity index (χ0) is 8.48. The first-order valence-electron chi connectivity index (χ1n) is 3.02. The molecule has 60 valence electrons. The average molecular weight is 268 g/mol. The van der Waals surface area contributed by atoms with Gasteiger partial charge in [-0.1, -0.05) is 6.08 Å². The van der Waals surface area contributed by atoms with Crippen LogP contribution in [0.5, 0.6) is 0 Å². The van der Waals surface area contributed by atoms with Crippen LogP contribution in [0.2, 0.25) is 0 Å². The number of halogens is 2. The highest BCUT2D eigenvalue weighted by atomic mass is 127. The lowest BCUT2D eigenvalue weighted by Gasteiger charge is -2.14. The SMILES string of the molecule is O=C(O)C1=CCC(F)(I)C=C1. The summed E-state index contributed by atoms with van der Waals surface area (Å²) in [5, 5.41) is 8.46. The van der Waals surface area contributed by atoms with Crippen LogP contribution in [0.25, 0.3) is 0 Å². The normalized spacial score (nSPS) is 29.8. The standard InChI is InChI=1S/C7H6FIO2/c8-7(9)3-1-5(2-4-7)6(10)11/h1-3H,4H2,(H,10,11). The minimum Gasteiger partial charge on any atom is -0.478 e. The zero-order valence-electron chi connectivity index (χ0n) is 5.55. The fourth-order valence-electron chi connectivity index (χ4n) is 0.752. The largest absolute Gasteiger partial charge is 0.478 e. The Labute approximate surface area is 76.9 Å². The van der Waals surface area contributed by atoms with Gasteiger partial charge >= 0.3 is 5.97 Å². The van der Waals surface area contributed by atoms with Gasteiger partial charge in [0.15, 0.2) is 3.68 Å². The molecule has 0 saturated heterocycles. The first kappa shape index (κ1) is 8.70. The van der Waals surface area contributed by atoms with Crippen molar-refractivity contribution in [1.29, 1.82) is 0 Å². The Hall–Kier alpha value is -0.390. The average Bonchev–Trinajstić information content (AvgIpc) is 1.86. The molecular weight excluding hydrogens is 262 g/mol. The summed E-state index contributed by atoms with van der Waals surface area (Å²) >= 11 is 1.63. The fraction of sp³-hybridized carbons (Fsp3) is 0.286. The molecule has 0 heterocycles. The molecule has 0 aromatic heterocycles. The maximum atomic E-state index is 13.0. The van der Waals surface area contributed by atoms with Crippen LogP contribution in [0.15, 0.2) is 23.8 Å². The molecule has 0 spiro atoms. The Morgan fingerprint density at radius 1 is 1.82 bits per heavy atom. The van der Waals surface area contributed by atoms with Gasteiger partial charge in [-0.2, -0.15) is 0 Å². The molecule has 1 aliphatic carbocycles. The Bertz CT molecular complexity index is 243. The number of aliphatic carboxylic acids is 1. The van der Waals surface area contributed by atoms with Crippen LogP contribution in [0, 0.1) is 0 Å². The second-order valence-electron chi connectivity index (χ2n) is 2.26. The highest BCUT2D eigenvalue weighted by Crippen LogP contribution is 2.31. The molecule has 0 aliphatic heterocycles. The molecule has 1 N–H and O–H groups in total. The van der Waals surface area contributed by atoms with E-state index < -0.39 is 9.64 Å². The smallest absolute Gasteiger partial charge is 0.335 e. The number of alkyl halides is 2. The van der Waals surface area contributed by atoms with E-state index >= 15 is 0 Å². The lowest BCUT2D eigenvalue weighted by Crippen LogP contribution is -2.13. The molecule has 11 heavy (non-hydrogen) atoms. The Morgan fingerprint density at radius 3 is 2.82 bits per heavy atom. The molecule has 0 bridgehead atoms. The third kappa shape index (κ3) is 2.28. The van der Waals surface area contributed by atoms with E-state index in [2.05, 4.69) is 0 Å². The Balaban J connectivity index is 2.75. The summed E-state index contributed by atoms with van der Waals surface area (Å²) in [6, 6.07) is 0. The van der Waals surface area contributed by atoms with Gasteiger partial charge in [-0.15, -0.1) is 0 Å². The summed E-state index contributed by atoms with van der Waals surface area (Å²) < 4.78 is 11.6. The molecule has 4 heteroatoms. The number of allylic oxidation sites excluding steroid dienone is 2. The van der Waals surface area contributed by atoms with Crippen molar-refractivity contribution in [1.82, 2.24) is 0 Å². The van der Waals surface area contributed by atoms with Crippen LogP contribution in [-0.2, 0) is 4.79 Å². The van der Waals surface area contributed by atoms with Gasteiger partial charge in [0.05, 0.1) is 5.57 Å². The van der Waals surface area contributed by atoms with Gasteiger partial charge in [0.25, 0.3) is 0 Å². The number of carboxylic acid groups (broad SMARTS) is 1. The summed E-state index contributed by atoms with van der Waals surface area (Å²) in [6.07, 6.45) is 4.07. The van der Waals surface area contributed by atoms with Gasteiger partial charge in [0.2, 0.25) is 0 Å². The molecule has 1 rings (SSSR count). The van der Waals surface area contributed by atoms with E-state index in [-0.39, 0.29) is 12.0 Å². The molecule has 1 atom stereocenters. The molecule has 0 aromatic carbocycles. The summed E-state index contributed by atoms with van der Waals surface area (Å²) in [5.41, 5.74) is 0.162. The van der Waals surface area contributed by atoms with Gasteiger partial charge < -0.3 is 5.11 Å². The van der Waals surface area contributed by atoms with Crippen LogP contribution >= 0.6 is 22.6 Å². The van der Waals surface area contributed by atoms with Gasteiger partial charge in [-0.25, -0.2) is 9.18 Å². The van der Waals surface area contributed by atoms with Crippen LogP contribution in [-0.4, -0.2) is 14.8 Å². The quantitative estimate of drug-likeness (QED) is 0.583. The summed E-state index contributed by atoms with van der Waals surface area (Å²) in [6.45, 7) is 0. The second-order valence-corrected chi connectivity index (χ2v) is 4.06. The van der Waals surface area contributed by atoms with Gasteiger partial charge in [0, 0.05) is 6.42 Å². The molecule has 0 fully saturated rings. The van der Waals surface area contributed by atoms with E-state index in [4.69, 9.17) is 5.11 Å². The Morgan fingerprint density at radius 2 is 2.45 bits per heavy atom. The zero-order valence-corrected chi connectivity index (χ0v) is 7.71. The summed E-state index contributed by atoms with van der Waals surface area (Å²) in [4.78, 5) is 10.3. The molecule has 0 saturated carbocycles. The van der Waals surface area contributed by atoms with E-state index in [0.717, 1.165) is 0 Å². The highest BCUT2D eigenvalue weighted by molar-refractivity contribution is 14.1. The molecule has 2 nitrogen and oxygen atoms in total. The highest BCUT2D eigenvalue weighted by Gasteiger charge is 2.24. The van der Waals surface area contributed by atoms with E-state index in [1.54, 1.807) is 22.6 Å². The number of hydrogen-bond acceptors (Lipinski definition) is 1.